The summed E-state index contributed by atoms with van der Waals surface area (Å²) in [7, 11) is 1.23. The standard InChI is InChI=1S/C24H27F2N7O5/c1-36-24(35)27-11-20(34)32-12-15(13-32)14-38-19-10-18(29-23(30-19)31-6-8-37-9-7-31)33-17-5-3-2-4-16(17)28-22(33)21(25)26/h2-5,10,15,21H,6-9,11-14H2,1H3,(H,27,35). The van der Waals surface area contributed by atoms with Gasteiger partial charge in [-0.2, -0.15) is 9.97 Å². The first kappa shape index (κ1) is 25.6. The van der Waals surface area contributed by atoms with Crippen LogP contribution in [0.4, 0.5) is 19.5 Å². The van der Waals surface area contributed by atoms with Crippen LogP contribution in [0.25, 0.3) is 16.9 Å². The van der Waals surface area contributed by atoms with Crippen LogP contribution in [-0.2, 0) is 14.3 Å². The van der Waals surface area contributed by atoms with Gasteiger partial charge in [-0.3, -0.25) is 9.36 Å². The summed E-state index contributed by atoms with van der Waals surface area (Å²) in [5, 5.41) is 2.36. The van der Waals surface area contributed by atoms with Crippen molar-refractivity contribution in [3.8, 4) is 11.7 Å². The molecule has 1 N–H and O–H groups in total. The maximum absolute atomic E-state index is 14.0. The molecule has 0 saturated carbocycles. The summed E-state index contributed by atoms with van der Waals surface area (Å²) in [6.45, 7) is 3.12. The summed E-state index contributed by atoms with van der Waals surface area (Å²) in [6.07, 6.45) is -3.49. The Labute approximate surface area is 216 Å². The molecular weight excluding hydrogens is 504 g/mol. The van der Waals surface area contributed by atoms with E-state index in [2.05, 4.69) is 25.0 Å². The Morgan fingerprint density at radius 3 is 2.66 bits per heavy atom. The summed E-state index contributed by atoms with van der Waals surface area (Å²) < 4.78 is 45.2. The van der Waals surface area contributed by atoms with Crippen LogP contribution in [0, 0.1) is 5.92 Å². The third-order valence-electron chi connectivity index (χ3n) is 6.33. The number of carbonyl (C=O) groups excluding carboxylic acids is 2. The van der Waals surface area contributed by atoms with Crippen LogP contribution in [-0.4, -0.2) is 96.1 Å². The van der Waals surface area contributed by atoms with Gasteiger partial charge in [-0.1, -0.05) is 12.1 Å². The first-order valence-corrected chi connectivity index (χ1v) is 12.1. The molecule has 3 aromatic rings. The molecule has 12 nitrogen and oxygen atoms in total. The van der Waals surface area contributed by atoms with E-state index < -0.39 is 18.3 Å². The van der Waals surface area contributed by atoms with Crippen LogP contribution in [0.15, 0.2) is 30.3 Å². The quantitative estimate of drug-likeness (QED) is 0.463. The van der Waals surface area contributed by atoms with Crippen molar-refractivity contribution in [2.24, 2.45) is 5.92 Å². The molecule has 0 aliphatic carbocycles. The molecule has 2 aromatic heterocycles. The minimum atomic E-state index is -2.82. The highest BCUT2D eigenvalue weighted by Crippen LogP contribution is 2.30. The Morgan fingerprint density at radius 2 is 1.92 bits per heavy atom. The highest BCUT2D eigenvalue weighted by atomic mass is 19.3. The van der Waals surface area contributed by atoms with Crippen molar-refractivity contribution in [3.05, 3.63) is 36.2 Å². The van der Waals surface area contributed by atoms with Crippen molar-refractivity contribution < 1.29 is 32.6 Å². The molecular formula is C24H27F2N7O5. The van der Waals surface area contributed by atoms with Gasteiger partial charge in [-0.05, 0) is 12.1 Å². The second-order valence-corrected chi connectivity index (χ2v) is 8.88. The van der Waals surface area contributed by atoms with E-state index in [-0.39, 0.29) is 36.7 Å². The molecule has 0 atom stereocenters. The van der Waals surface area contributed by atoms with Crippen molar-refractivity contribution in [1.29, 1.82) is 0 Å². The number of amides is 2. The summed E-state index contributed by atoms with van der Waals surface area (Å²) in [5.41, 5.74) is 0.923. The fourth-order valence-corrected chi connectivity index (χ4v) is 4.34. The monoisotopic (exact) mass is 531 g/mol. The molecule has 4 heterocycles. The van der Waals surface area contributed by atoms with Crippen LogP contribution in [0.3, 0.4) is 0 Å². The number of rotatable bonds is 8. The molecule has 38 heavy (non-hydrogen) atoms. The number of hydrogen-bond acceptors (Lipinski definition) is 9. The van der Waals surface area contributed by atoms with E-state index in [0.29, 0.717) is 56.4 Å². The highest BCUT2D eigenvalue weighted by molar-refractivity contribution is 5.82. The lowest BCUT2D eigenvalue weighted by Gasteiger charge is -2.39. The predicted octanol–water partition coefficient (Wildman–Crippen LogP) is 1.78. The second-order valence-electron chi connectivity index (χ2n) is 8.88. The third kappa shape index (κ3) is 5.44. The van der Waals surface area contributed by atoms with Crippen LogP contribution >= 0.6 is 0 Å². The smallest absolute Gasteiger partial charge is 0.407 e. The summed E-state index contributed by atoms with van der Waals surface area (Å²) in [4.78, 5) is 40.1. The molecule has 2 aliphatic rings. The molecule has 2 fully saturated rings. The number of aromatic nitrogens is 4. The SMILES string of the molecule is COC(=O)NCC(=O)N1CC(COc2cc(-n3c(C(F)F)nc4ccccc43)nc(N3CCOCC3)n2)C1. The van der Waals surface area contributed by atoms with Gasteiger partial charge in [0.15, 0.2) is 5.82 Å². The minimum absolute atomic E-state index is 0.0491. The Morgan fingerprint density at radius 1 is 1.16 bits per heavy atom. The molecule has 1 aromatic carbocycles. The van der Waals surface area contributed by atoms with Crippen LogP contribution < -0.4 is 15.0 Å². The fraction of sp³-hybridized carbons (Fsp3) is 0.458. The normalized spacial score (nSPS) is 16.0. The van der Waals surface area contributed by atoms with E-state index in [1.165, 1.54) is 17.7 Å². The lowest BCUT2D eigenvalue weighted by molar-refractivity contribution is -0.137. The highest BCUT2D eigenvalue weighted by Gasteiger charge is 2.31. The van der Waals surface area contributed by atoms with Crippen LogP contribution in [0.1, 0.15) is 12.2 Å². The number of hydrogen-bond donors (Lipinski definition) is 1. The lowest BCUT2D eigenvalue weighted by Crippen LogP contribution is -2.54. The third-order valence-corrected chi connectivity index (χ3v) is 6.33. The van der Waals surface area contributed by atoms with Gasteiger partial charge in [0.05, 0.1) is 38.0 Å². The van der Waals surface area contributed by atoms with Gasteiger partial charge >= 0.3 is 6.09 Å². The summed E-state index contributed by atoms with van der Waals surface area (Å²) >= 11 is 0. The zero-order chi connectivity index (χ0) is 26.6. The largest absolute Gasteiger partial charge is 0.477 e. The number of halogens is 2. The zero-order valence-corrected chi connectivity index (χ0v) is 20.7. The number of imidazole rings is 1. The van der Waals surface area contributed by atoms with E-state index >= 15 is 0 Å². The van der Waals surface area contributed by atoms with E-state index in [1.54, 1.807) is 29.2 Å². The molecule has 5 rings (SSSR count). The molecule has 0 spiro atoms. The van der Waals surface area contributed by atoms with Gasteiger partial charge < -0.3 is 29.3 Å². The molecule has 0 radical (unpaired) electrons. The number of alkyl carbamates (subject to hydrolysis) is 1. The van der Waals surface area contributed by atoms with E-state index in [1.807, 2.05) is 4.90 Å². The number of fused-ring (bicyclic) bond motifs is 1. The molecule has 202 valence electrons. The first-order chi connectivity index (χ1) is 18.4. The number of ether oxygens (including phenoxy) is 3. The number of anilines is 1. The van der Waals surface area contributed by atoms with E-state index in [9.17, 15) is 18.4 Å². The van der Waals surface area contributed by atoms with Crippen LogP contribution in [0.5, 0.6) is 5.88 Å². The fourth-order valence-electron chi connectivity index (χ4n) is 4.34. The number of para-hydroxylation sites is 2. The molecule has 2 aliphatic heterocycles. The van der Waals surface area contributed by atoms with Gasteiger partial charge in [-0.25, -0.2) is 18.6 Å². The number of likely N-dealkylation sites (tertiary alicyclic amines) is 1. The number of carbonyl (C=O) groups is 2. The number of morpholine rings is 1. The number of benzene rings is 1. The van der Waals surface area contributed by atoms with E-state index in [0.717, 1.165) is 0 Å². The summed E-state index contributed by atoms with van der Waals surface area (Å²) in [6, 6.07) is 8.39. The Kier molecular flexibility index (Phi) is 7.49. The Bertz CT molecular complexity index is 1310. The average molecular weight is 532 g/mol. The number of nitrogens with one attached hydrogen (secondary N) is 1. The molecule has 2 amide bonds. The van der Waals surface area contributed by atoms with E-state index in [4.69, 9.17) is 9.47 Å². The lowest BCUT2D eigenvalue weighted by atomic mass is 10.0. The van der Waals surface area contributed by atoms with Crippen molar-refractivity contribution in [3.63, 3.8) is 0 Å². The van der Waals surface area contributed by atoms with Crippen LogP contribution in [0.2, 0.25) is 0 Å². The minimum Gasteiger partial charge on any atom is -0.477 e. The molecule has 0 bridgehead atoms. The van der Waals surface area contributed by atoms with Crippen molar-refractivity contribution in [1.82, 2.24) is 29.7 Å². The van der Waals surface area contributed by atoms with Crippen molar-refractivity contribution in [2.45, 2.75) is 6.43 Å². The predicted molar refractivity (Wildman–Crippen MR) is 131 cm³/mol. The number of methoxy groups -OCH3 is 1. The van der Waals surface area contributed by atoms with Crippen molar-refractivity contribution in [2.75, 3.05) is 64.6 Å². The van der Waals surface area contributed by atoms with Gasteiger partial charge in [0, 0.05) is 38.2 Å². The first-order valence-electron chi connectivity index (χ1n) is 12.1. The summed E-state index contributed by atoms with van der Waals surface area (Å²) in [5.74, 6) is 0.201. The Hall–Kier alpha value is -4.07. The average Bonchev–Trinajstić information content (AvgIpc) is 3.31. The number of alkyl halides is 2. The molecule has 0 unspecified atom stereocenters. The zero-order valence-electron chi connectivity index (χ0n) is 20.7. The van der Waals surface area contributed by atoms with Crippen molar-refractivity contribution >= 4 is 29.0 Å². The molecule has 2 saturated heterocycles. The Balaban J connectivity index is 1.35. The van der Waals surface area contributed by atoms with Gasteiger partial charge in [-0.15, -0.1) is 0 Å². The molecule has 14 heteroatoms. The maximum atomic E-state index is 14.0. The number of nitrogens with zero attached hydrogens (tertiary/aromatic N) is 6. The maximum Gasteiger partial charge on any atom is 0.407 e. The van der Waals surface area contributed by atoms with Gasteiger partial charge in [0.2, 0.25) is 17.7 Å². The van der Waals surface area contributed by atoms with Gasteiger partial charge in [0.25, 0.3) is 6.43 Å². The second kappa shape index (κ2) is 11.1. The topological polar surface area (TPSA) is 124 Å². The van der Waals surface area contributed by atoms with Gasteiger partial charge in [0.1, 0.15) is 12.4 Å².